The van der Waals surface area contributed by atoms with Crippen molar-refractivity contribution >= 4 is 32.6 Å². The maximum absolute atomic E-state index is 12.6. The minimum atomic E-state index is -0.786. The Morgan fingerprint density at radius 3 is 2.91 bits per heavy atom. The van der Waals surface area contributed by atoms with Crippen LogP contribution in [0.15, 0.2) is 24.3 Å². The molecule has 1 amide bonds. The first-order valence-electron chi connectivity index (χ1n) is 7.95. The van der Waals surface area contributed by atoms with Crippen molar-refractivity contribution in [3.8, 4) is 0 Å². The van der Waals surface area contributed by atoms with Gasteiger partial charge in [-0.15, -0.1) is 0 Å². The maximum atomic E-state index is 12.6. The number of likely N-dealkylation sites (N-methyl/N-ethyl adjacent to an activating group) is 1. The molecular formula is C17H23N3O2S. The normalized spacial score (nSPS) is 19.4. The number of amides is 1. The van der Waals surface area contributed by atoms with Crippen LogP contribution in [0.2, 0.25) is 0 Å². The van der Waals surface area contributed by atoms with Crippen LogP contribution in [-0.2, 0) is 4.79 Å². The van der Waals surface area contributed by atoms with E-state index in [1.165, 1.54) is 11.3 Å². The van der Waals surface area contributed by atoms with E-state index in [0.717, 1.165) is 34.7 Å². The first-order chi connectivity index (χ1) is 10.9. The molecule has 0 spiro atoms. The van der Waals surface area contributed by atoms with Crippen molar-refractivity contribution in [1.82, 2.24) is 9.88 Å². The average molecular weight is 333 g/mol. The molecule has 2 heterocycles. The van der Waals surface area contributed by atoms with Crippen molar-refractivity contribution in [1.29, 1.82) is 0 Å². The van der Waals surface area contributed by atoms with Gasteiger partial charge in [-0.1, -0.05) is 23.5 Å². The van der Waals surface area contributed by atoms with E-state index in [1.807, 2.05) is 38.1 Å². The standard InChI is InChI=1S/C17H23N3O2S/c1-17(2,22)14-9-6-10-20(14)11-15(21)19(3)16-18-12-7-4-5-8-13(12)23-16/h4-5,7-8,14,22H,6,9-11H2,1-3H3. The number of rotatable bonds is 4. The van der Waals surface area contributed by atoms with Crippen LogP contribution in [0.3, 0.4) is 0 Å². The second kappa shape index (κ2) is 6.19. The Morgan fingerprint density at radius 1 is 1.48 bits per heavy atom. The van der Waals surface area contributed by atoms with Crippen molar-refractivity contribution in [2.45, 2.75) is 38.3 Å². The molecular weight excluding hydrogens is 310 g/mol. The number of thiazole rings is 1. The number of hydrogen-bond acceptors (Lipinski definition) is 5. The summed E-state index contributed by atoms with van der Waals surface area (Å²) in [5.74, 6) is 0.0141. The fourth-order valence-corrected chi connectivity index (χ4v) is 4.15. The largest absolute Gasteiger partial charge is 0.389 e. The van der Waals surface area contributed by atoms with E-state index in [-0.39, 0.29) is 11.9 Å². The van der Waals surface area contributed by atoms with Gasteiger partial charge in [0.2, 0.25) is 5.91 Å². The van der Waals surface area contributed by atoms with Gasteiger partial charge in [0.25, 0.3) is 0 Å². The van der Waals surface area contributed by atoms with E-state index in [1.54, 1.807) is 11.9 Å². The van der Waals surface area contributed by atoms with E-state index >= 15 is 0 Å². The number of para-hydroxylation sites is 1. The van der Waals surface area contributed by atoms with E-state index in [4.69, 9.17) is 0 Å². The molecule has 0 aliphatic carbocycles. The number of benzene rings is 1. The van der Waals surface area contributed by atoms with Crippen molar-refractivity contribution in [3.63, 3.8) is 0 Å². The molecule has 1 aliphatic heterocycles. The summed E-state index contributed by atoms with van der Waals surface area (Å²) in [6.45, 7) is 4.81. The van der Waals surface area contributed by atoms with Crippen molar-refractivity contribution in [2.24, 2.45) is 0 Å². The number of aromatic nitrogens is 1. The lowest BCUT2D eigenvalue weighted by atomic mass is 9.97. The Hall–Kier alpha value is -1.50. The van der Waals surface area contributed by atoms with E-state index in [9.17, 15) is 9.90 Å². The Bertz CT molecular complexity index is 674. The Morgan fingerprint density at radius 2 is 2.22 bits per heavy atom. The van der Waals surface area contributed by atoms with Crippen molar-refractivity contribution in [2.75, 3.05) is 25.0 Å². The highest BCUT2D eigenvalue weighted by Crippen LogP contribution is 2.29. The molecule has 1 N–H and O–H groups in total. The topological polar surface area (TPSA) is 56.7 Å². The summed E-state index contributed by atoms with van der Waals surface area (Å²) in [7, 11) is 1.77. The van der Waals surface area contributed by atoms with Gasteiger partial charge < -0.3 is 5.11 Å². The minimum absolute atomic E-state index is 0.0141. The first-order valence-corrected chi connectivity index (χ1v) is 8.76. The maximum Gasteiger partial charge on any atom is 0.242 e. The number of nitrogens with zero attached hydrogens (tertiary/aromatic N) is 3. The van der Waals surface area contributed by atoms with Gasteiger partial charge in [0.05, 0.1) is 22.4 Å². The van der Waals surface area contributed by atoms with Gasteiger partial charge in [-0.3, -0.25) is 14.6 Å². The zero-order chi connectivity index (χ0) is 16.6. The quantitative estimate of drug-likeness (QED) is 0.934. The van der Waals surface area contributed by atoms with E-state index in [0.29, 0.717) is 6.54 Å². The molecule has 3 rings (SSSR count). The molecule has 1 aromatic carbocycles. The van der Waals surface area contributed by atoms with Gasteiger partial charge in [0, 0.05) is 13.1 Å². The lowest BCUT2D eigenvalue weighted by molar-refractivity contribution is -0.120. The lowest BCUT2D eigenvalue weighted by Crippen LogP contribution is -2.49. The number of likely N-dealkylation sites (tertiary alicyclic amines) is 1. The SMILES string of the molecule is CN(C(=O)CN1CCCC1C(C)(C)O)c1nc2ccccc2s1. The summed E-state index contributed by atoms with van der Waals surface area (Å²) >= 11 is 1.52. The van der Waals surface area contributed by atoms with E-state index < -0.39 is 5.60 Å². The van der Waals surface area contributed by atoms with Gasteiger partial charge in [-0.25, -0.2) is 4.98 Å². The van der Waals surface area contributed by atoms with E-state index in [2.05, 4.69) is 9.88 Å². The summed E-state index contributed by atoms with van der Waals surface area (Å²) in [5.41, 5.74) is 0.133. The van der Waals surface area contributed by atoms with Crippen LogP contribution in [0.25, 0.3) is 10.2 Å². The highest BCUT2D eigenvalue weighted by atomic mass is 32.1. The van der Waals surface area contributed by atoms with Crippen LogP contribution in [0.1, 0.15) is 26.7 Å². The average Bonchev–Trinajstić information content (AvgIpc) is 3.11. The fraction of sp³-hybridized carbons (Fsp3) is 0.529. The number of carbonyl (C=O) groups is 1. The molecule has 0 radical (unpaired) electrons. The summed E-state index contributed by atoms with van der Waals surface area (Å²) in [6.07, 6.45) is 1.95. The van der Waals surface area contributed by atoms with Crippen LogP contribution in [0.5, 0.6) is 0 Å². The second-order valence-electron chi connectivity index (χ2n) is 6.70. The van der Waals surface area contributed by atoms with Crippen molar-refractivity contribution < 1.29 is 9.90 Å². The van der Waals surface area contributed by atoms with Crippen LogP contribution in [0, 0.1) is 0 Å². The Kier molecular flexibility index (Phi) is 4.40. The molecule has 5 nitrogen and oxygen atoms in total. The molecule has 1 aliphatic rings. The first kappa shape index (κ1) is 16.4. The third-order valence-corrected chi connectivity index (χ3v) is 5.57. The number of anilines is 1. The Balaban J connectivity index is 1.72. The van der Waals surface area contributed by atoms with Gasteiger partial charge >= 0.3 is 0 Å². The molecule has 2 aromatic rings. The number of aliphatic hydroxyl groups is 1. The molecule has 1 saturated heterocycles. The zero-order valence-electron chi connectivity index (χ0n) is 13.8. The van der Waals surface area contributed by atoms with Crippen LogP contribution in [-0.4, -0.2) is 52.7 Å². The molecule has 124 valence electrons. The van der Waals surface area contributed by atoms with Crippen LogP contribution < -0.4 is 4.90 Å². The van der Waals surface area contributed by atoms with Gasteiger partial charge in [0.1, 0.15) is 0 Å². The molecule has 0 saturated carbocycles. The molecule has 23 heavy (non-hydrogen) atoms. The van der Waals surface area contributed by atoms with Crippen LogP contribution in [0.4, 0.5) is 5.13 Å². The summed E-state index contributed by atoms with van der Waals surface area (Å²) in [5, 5.41) is 11.0. The molecule has 0 bridgehead atoms. The molecule has 1 fully saturated rings. The number of hydrogen-bond donors (Lipinski definition) is 1. The van der Waals surface area contributed by atoms with Gasteiger partial charge in [-0.05, 0) is 45.4 Å². The summed E-state index contributed by atoms with van der Waals surface area (Å²) < 4.78 is 1.08. The molecule has 6 heteroatoms. The smallest absolute Gasteiger partial charge is 0.242 e. The summed E-state index contributed by atoms with van der Waals surface area (Å²) in [6, 6.07) is 7.93. The molecule has 1 atom stereocenters. The highest BCUT2D eigenvalue weighted by molar-refractivity contribution is 7.22. The predicted octanol–water partition coefficient (Wildman–Crippen LogP) is 2.49. The van der Waals surface area contributed by atoms with Crippen molar-refractivity contribution in [3.05, 3.63) is 24.3 Å². The van der Waals surface area contributed by atoms with Crippen LogP contribution >= 0.6 is 11.3 Å². The molecule has 1 aromatic heterocycles. The number of fused-ring (bicyclic) bond motifs is 1. The third-order valence-electron chi connectivity index (χ3n) is 4.46. The fourth-order valence-electron chi connectivity index (χ4n) is 3.21. The minimum Gasteiger partial charge on any atom is -0.389 e. The highest BCUT2D eigenvalue weighted by Gasteiger charge is 2.37. The van der Waals surface area contributed by atoms with Gasteiger partial charge in [0.15, 0.2) is 5.13 Å². The molecule has 1 unspecified atom stereocenters. The number of carbonyl (C=O) groups excluding carboxylic acids is 1. The lowest BCUT2D eigenvalue weighted by Gasteiger charge is -2.33. The predicted molar refractivity (Wildman–Crippen MR) is 93.9 cm³/mol. The second-order valence-corrected chi connectivity index (χ2v) is 7.71. The monoisotopic (exact) mass is 333 g/mol. The summed E-state index contributed by atoms with van der Waals surface area (Å²) in [4.78, 5) is 20.9. The Labute approximate surface area is 140 Å². The van der Waals surface area contributed by atoms with Gasteiger partial charge in [-0.2, -0.15) is 0 Å². The third kappa shape index (κ3) is 3.39. The zero-order valence-corrected chi connectivity index (χ0v) is 14.6.